The molecule has 0 atom stereocenters. The molecule has 0 aliphatic heterocycles. The van der Waals surface area contributed by atoms with Crippen molar-refractivity contribution in [1.29, 1.82) is 0 Å². The smallest absolute Gasteiger partial charge is 0.341 e. The Morgan fingerprint density at radius 2 is 1.85 bits per heavy atom. The molecule has 3 aromatic rings. The second-order valence-electron chi connectivity index (χ2n) is 6.25. The molecule has 1 aromatic carbocycles. The molecule has 7 nitrogen and oxygen atoms in total. The van der Waals surface area contributed by atoms with Gasteiger partial charge in [0.05, 0.1) is 20.8 Å². The summed E-state index contributed by atoms with van der Waals surface area (Å²) in [5.74, 6) is 1.14. The molecule has 0 radical (unpaired) electrons. The van der Waals surface area contributed by atoms with Crippen molar-refractivity contribution in [2.75, 3.05) is 21.3 Å². The highest BCUT2D eigenvalue weighted by atomic mass is 16.5. The van der Waals surface area contributed by atoms with Crippen LogP contribution in [-0.2, 0) is 11.3 Å². The van der Waals surface area contributed by atoms with E-state index in [-0.39, 0.29) is 18.2 Å². The summed E-state index contributed by atoms with van der Waals surface area (Å²) in [6.45, 7) is 3.70. The fourth-order valence-electron chi connectivity index (χ4n) is 2.94. The van der Waals surface area contributed by atoms with E-state index in [9.17, 15) is 9.59 Å². The molecule has 0 aliphatic rings. The van der Waals surface area contributed by atoms with Crippen molar-refractivity contribution in [3.05, 3.63) is 52.7 Å². The standard InChI is InChI=1S/C20H21NO6/c1-11-15-8-13(24-4)6-7-17(15)27-18(11)19(22)21(3)10-14-9-16(12(2)26-14)20(23)25-5/h6-9H,10H2,1-5H3. The number of methoxy groups -OCH3 is 2. The summed E-state index contributed by atoms with van der Waals surface area (Å²) < 4.78 is 21.3. The molecule has 142 valence electrons. The van der Waals surface area contributed by atoms with Crippen LogP contribution in [-0.4, -0.2) is 38.0 Å². The van der Waals surface area contributed by atoms with E-state index in [2.05, 4.69) is 0 Å². The van der Waals surface area contributed by atoms with Gasteiger partial charge in [-0.1, -0.05) is 0 Å². The zero-order valence-electron chi connectivity index (χ0n) is 15.9. The maximum absolute atomic E-state index is 12.8. The lowest BCUT2D eigenvalue weighted by atomic mass is 10.1. The number of furan rings is 2. The molecule has 0 saturated heterocycles. The van der Waals surface area contributed by atoms with E-state index >= 15 is 0 Å². The van der Waals surface area contributed by atoms with E-state index in [0.717, 1.165) is 10.9 Å². The highest BCUT2D eigenvalue weighted by Crippen LogP contribution is 2.29. The molecule has 7 heteroatoms. The average Bonchev–Trinajstić information content (AvgIpc) is 3.19. The SMILES string of the molecule is COC(=O)c1cc(CN(C)C(=O)c2oc3ccc(OC)cc3c2C)oc1C. The Labute approximate surface area is 156 Å². The van der Waals surface area contributed by atoms with Crippen LogP contribution in [0.3, 0.4) is 0 Å². The first-order chi connectivity index (χ1) is 12.8. The molecule has 3 rings (SSSR count). The Morgan fingerprint density at radius 1 is 1.11 bits per heavy atom. The van der Waals surface area contributed by atoms with E-state index in [1.54, 1.807) is 39.3 Å². The lowest BCUT2D eigenvalue weighted by molar-refractivity contribution is 0.0598. The maximum Gasteiger partial charge on any atom is 0.341 e. The first-order valence-electron chi connectivity index (χ1n) is 8.36. The third-order valence-electron chi connectivity index (χ3n) is 4.45. The number of hydrogen-bond acceptors (Lipinski definition) is 6. The molecule has 0 spiro atoms. The Kier molecular flexibility index (Phi) is 4.94. The molecule has 1 amide bonds. The van der Waals surface area contributed by atoms with Crippen molar-refractivity contribution in [2.45, 2.75) is 20.4 Å². The van der Waals surface area contributed by atoms with Crippen molar-refractivity contribution in [2.24, 2.45) is 0 Å². The number of nitrogens with zero attached hydrogens (tertiary/aromatic N) is 1. The number of hydrogen-bond donors (Lipinski definition) is 0. The minimum Gasteiger partial charge on any atom is -0.497 e. The number of carbonyl (C=O) groups is 2. The maximum atomic E-state index is 12.8. The van der Waals surface area contributed by atoms with Gasteiger partial charge >= 0.3 is 5.97 Å². The monoisotopic (exact) mass is 371 g/mol. The number of fused-ring (bicyclic) bond motifs is 1. The minimum atomic E-state index is -0.474. The largest absolute Gasteiger partial charge is 0.497 e. The molecular formula is C20H21NO6. The van der Waals surface area contributed by atoms with Crippen LogP contribution in [0.15, 0.2) is 33.1 Å². The van der Waals surface area contributed by atoms with Crippen molar-refractivity contribution < 1.29 is 27.9 Å². The normalized spacial score (nSPS) is 10.9. The predicted octanol–water partition coefficient (Wildman–Crippen LogP) is 3.71. The van der Waals surface area contributed by atoms with Crippen LogP contribution in [0, 0.1) is 13.8 Å². The van der Waals surface area contributed by atoms with Crippen LogP contribution in [0.25, 0.3) is 11.0 Å². The van der Waals surface area contributed by atoms with Crippen molar-refractivity contribution >= 4 is 22.8 Å². The first-order valence-corrected chi connectivity index (χ1v) is 8.36. The molecule has 0 aliphatic carbocycles. The number of ether oxygens (including phenoxy) is 2. The first kappa shape index (κ1) is 18.6. The second-order valence-corrected chi connectivity index (χ2v) is 6.25. The average molecular weight is 371 g/mol. The zero-order valence-corrected chi connectivity index (χ0v) is 15.9. The topological polar surface area (TPSA) is 82.1 Å². The Hall–Kier alpha value is -3.22. The fraction of sp³-hybridized carbons (Fsp3) is 0.300. The minimum absolute atomic E-state index is 0.191. The van der Waals surface area contributed by atoms with Gasteiger partial charge in [0.15, 0.2) is 5.76 Å². The van der Waals surface area contributed by atoms with Gasteiger partial charge in [0.1, 0.15) is 28.4 Å². The van der Waals surface area contributed by atoms with E-state index < -0.39 is 5.97 Å². The van der Waals surface area contributed by atoms with Gasteiger partial charge in [-0.05, 0) is 38.1 Å². The summed E-state index contributed by atoms with van der Waals surface area (Å²) in [6.07, 6.45) is 0. The molecule has 27 heavy (non-hydrogen) atoms. The lowest BCUT2D eigenvalue weighted by Gasteiger charge is -2.14. The van der Waals surface area contributed by atoms with Gasteiger partial charge in [0, 0.05) is 18.0 Å². The van der Waals surface area contributed by atoms with Gasteiger partial charge < -0.3 is 23.2 Å². The van der Waals surface area contributed by atoms with E-state index in [0.29, 0.717) is 28.4 Å². The van der Waals surface area contributed by atoms with Crippen LogP contribution >= 0.6 is 0 Å². The quantitative estimate of drug-likeness (QED) is 0.636. The van der Waals surface area contributed by atoms with Crippen LogP contribution in [0.2, 0.25) is 0 Å². The van der Waals surface area contributed by atoms with E-state index in [1.165, 1.54) is 12.0 Å². The van der Waals surface area contributed by atoms with E-state index in [1.807, 2.05) is 13.0 Å². The Balaban J connectivity index is 1.84. The zero-order chi connectivity index (χ0) is 19.7. The van der Waals surface area contributed by atoms with Crippen LogP contribution in [0.4, 0.5) is 0 Å². The number of carbonyl (C=O) groups excluding carboxylic acids is 2. The number of amides is 1. The summed E-state index contributed by atoms with van der Waals surface area (Å²) >= 11 is 0. The molecule has 0 bridgehead atoms. The molecule has 0 unspecified atom stereocenters. The van der Waals surface area contributed by atoms with E-state index in [4.69, 9.17) is 18.3 Å². The summed E-state index contributed by atoms with van der Waals surface area (Å²) in [7, 11) is 4.54. The van der Waals surface area contributed by atoms with Gasteiger partial charge in [-0.2, -0.15) is 0 Å². The molecule has 2 heterocycles. The summed E-state index contributed by atoms with van der Waals surface area (Å²) in [6, 6.07) is 6.98. The van der Waals surface area contributed by atoms with Crippen molar-refractivity contribution in [1.82, 2.24) is 4.90 Å². The third-order valence-corrected chi connectivity index (χ3v) is 4.45. The highest BCUT2D eigenvalue weighted by Gasteiger charge is 2.23. The second kappa shape index (κ2) is 7.19. The number of aryl methyl sites for hydroxylation is 2. The summed E-state index contributed by atoms with van der Waals surface area (Å²) in [4.78, 5) is 26.0. The number of benzene rings is 1. The molecule has 0 fully saturated rings. The predicted molar refractivity (Wildman–Crippen MR) is 98.1 cm³/mol. The summed E-state index contributed by atoms with van der Waals surface area (Å²) in [5.41, 5.74) is 1.71. The molecule has 2 aromatic heterocycles. The van der Waals surface area contributed by atoms with Gasteiger partial charge in [0.2, 0.25) is 0 Å². The Bertz CT molecular complexity index is 1010. The lowest BCUT2D eigenvalue weighted by Crippen LogP contribution is -2.26. The summed E-state index contributed by atoms with van der Waals surface area (Å²) in [5, 5.41) is 0.827. The Morgan fingerprint density at radius 3 is 2.52 bits per heavy atom. The van der Waals surface area contributed by atoms with Gasteiger partial charge in [-0.15, -0.1) is 0 Å². The third kappa shape index (κ3) is 3.40. The van der Waals surface area contributed by atoms with Gasteiger partial charge in [-0.3, -0.25) is 4.79 Å². The van der Waals surface area contributed by atoms with Crippen LogP contribution < -0.4 is 4.74 Å². The van der Waals surface area contributed by atoms with Crippen molar-refractivity contribution in [3.8, 4) is 5.75 Å². The van der Waals surface area contributed by atoms with Gasteiger partial charge in [0.25, 0.3) is 5.91 Å². The van der Waals surface area contributed by atoms with Crippen molar-refractivity contribution in [3.63, 3.8) is 0 Å². The fourth-order valence-corrected chi connectivity index (χ4v) is 2.94. The van der Waals surface area contributed by atoms with Crippen LogP contribution in [0.1, 0.15) is 38.0 Å². The molecule has 0 saturated carbocycles. The van der Waals surface area contributed by atoms with Gasteiger partial charge in [-0.25, -0.2) is 4.79 Å². The molecular weight excluding hydrogens is 350 g/mol. The van der Waals surface area contributed by atoms with Crippen LogP contribution in [0.5, 0.6) is 5.75 Å². The highest BCUT2D eigenvalue weighted by molar-refractivity contribution is 5.99. The number of rotatable bonds is 5. The molecule has 0 N–H and O–H groups in total. The number of esters is 1.